The molecule has 7 rings (SSSR count). The summed E-state index contributed by atoms with van der Waals surface area (Å²) in [6.07, 6.45) is 2.07. The Labute approximate surface area is 268 Å². The topological polar surface area (TPSA) is 98.7 Å². The van der Waals surface area contributed by atoms with Gasteiger partial charge in [-0.05, 0) is 60.5 Å². The Morgan fingerprint density at radius 3 is 2.16 bits per heavy atom. The van der Waals surface area contributed by atoms with Gasteiger partial charge < -0.3 is 5.32 Å². The van der Waals surface area contributed by atoms with Crippen LogP contribution in [0.5, 0.6) is 0 Å². The molecule has 2 aliphatic rings. The molecule has 0 radical (unpaired) electrons. The number of urea groups is 1. The number of imide groups is 1. The minimum atomic E-state index is -0.403. The summed E-state index contributed by atoms with van der Waals surface area (Å²) in [5.74, 6) is 0.109. The molecule has 0 saturated heterocycles. The lowest BCUT2D eigenvalue weighted by molar-refractivity contribution is 0.0656. The van der Waals surface area contributed by atoms with Crippen molar-refractivity contribution in [1.29, 1.82) is 0 Å². The standard InChI is InChI=1S/C34H24Cl2N6O3/c35-27-14-7-15-28(36)29(27)41-20-22-19-37-33(38-23-9-2-1-3-10-23)39-30(22)42(34(41)45)24-11-6-8-21(18-24)16-17-40-31(43)25-12-4-5-13-26(25)32(40)44/h1-15,18-19H,16-17,20H2,(H,37,38,39). The first kappa shape index (κ1) is 28.5. The minimum Gasteiger partial charge on any atom is -0.324 e. The quantitative estimate of drug-likeness (QED) is 0.185. The number of halogens is 2. The van der Waals surface area contributed by atoms with Crippen LogP contribution in [0.1, 0.15) is 31.8 Å². The van der Waals surface area contributed by atoms with Gasteiger partial charge in [-0.15, -0.1) is 0 Å². The van der Waals surface area contributed by atoms with Gasteiger partial charge >= 0.3 is 6.03 Å². The molecule has 5 aromatic rings. The molecule has 11 heteroatoms. The number of nitrogens with zero attached hydrogens (tertiary/aromatic N) is 5. The van der Waals surface area contributed by atoms with E-state index in [1.165, 1.54) is 14.7 Å². The lowest BCUT2D eigenvalue weighted by atomic mass is 10.1. The summed E-state index contributed by atoms with van der Waals surface area (Å²) in [5.41, 5.74) is 4.04. The molecule has 0 fully saturated rings. The average molecular weight is 636 g/mol. The molecule has 222 valence electrons. The van der Waals surface area contributed by atoms with Gasteiger partial charge in [-0.1, -0.05) is 71.7 Å². The highest BCUT2D eigenvalue weighted by Crippen LogP contribution is 2.41. The third-order valence-corrected chi connectivity index (χ3v) is 8.32. The van der Waals surface area contributed by atoms with Gasteiger partial charge in [0.25, 0.3) is 11.8 Å². The predicted molar refractivity (Wildman–Crippen MR) is 174 cm³/mol. The van der Waals surface area contributed by atoms with Gasteiger partial charge in [0.05, 0.1) is 39.1 Å². The van der Waals surface area contributed by atoms with Gasteiger partial charge in [0.1, 0.15) is 0 Å². The Morgan fingerprint density at radius 2 is 1.44 bits per heavy atom. The molecular weight excluding hydrogens is 611 g/mol. The summed E-state index contributed by atoms with van der Waals surface area (Å²) in [6, 6.07) is 28.4. The van der Waals surface area contributed by atoms with E-state index in [4.69, 9.17) is 28.2 Å². The Balaban J connectivity index is 1.24. The summed E-state index contributed by atoms with van der Waals surface area (Å²) in [6.45, 7) is 0.341. The Morgan fingerprint density at radius 1 is 0.778 bits per heavy atom. The lowest BCUT2D eigenvalue weighted by Gasteiger charge is -2.37. The van der Waals surface area contributed by atoms with E-state index in [2.05, 4.69) is 10.3 Å². The largest absolute Gasteiger partial charge is 0.335 e. The number of para-hydroxylation sites is 2. The van der Waals surface area contributed by atoms with Gasteiger partial charge in [0, 0.05) is 24.0 Å². The second kappa shape index (κ2) is 11.7. The summed E-state index contributed by atoms with van der Waals surface area (Å²) < 4.78 is 0. The van der Waals surface area contributed by atoms with Crippen LogP contribution in [0.15, 0.2) is 103 Å². The van der Waals surface area contributed by atoms with E-state index in [0.29, 0.717) is 56.3 Å². The molecular formula is C34H24Cl2N6O3. The number of amides is 4. The van der Waals surface area contributed by atoms with Crippen LogP contribution in [-0.2, 0) is 13.0 Å². The molecule has 0 bridgehead atoms. The SMILES string of the molecule is O=C1c2ccccc2C(=O)N1CCc1cccc(N2C(=O)N(c3c(Cl)cccc3Cl)Cc3cnc(Nc4ccccc4)nc32)c1. The van der Waals surface area contributed by atoms with Crippen molar-refractivity contribution in [1.82, 2.24) is 14.9 Å². The maximum atomic E-state index is 14.3. The van der Waals surface area contributed by atoms with Crippen molar-refractivity contribution in [2.75, 3.05) is 21.7 Å². The molecule has 0 unspecified atom stereocenters. The number of aromatic nitrogens is 2. The summed E-state index contributed by atoms with van der Waals surface area (Å²) in [4.78, 5) is 53.7. The number of fused-ring (bicyclic) bond motifs is 2. The van der Waals surface area contributed by atoms with Crippen LogP contribution in [0.3, 0.4) is 0 Å². The predicted octanol–water partition coefficient (Wildman–Crippen LogP) is 7.64. The molecule has 45 heavy (non-hydrogen) atoms. The first-order valence-corrected chi connectivity index (χ1v) is 14.9. The Bertz CT molecular complexity index is 1930. The van der Waals surface area contributed by atoms with E-state index < -0.39 is 6.03 Å². The monoisotopic (exact) mass is 634 g/mol. The number of carbonyl (C=O) groups excluding carboxylic acids is 3. The van der Waals surface area contributed by atoms with Crippen LogP contribution in [0.25, 0.3) is 0 Å². The Kier molecular flexibility index (Phi) is 7.40. The number of hydrogen-bond acceptors (Lipinski definition) is 6. The number of anilines is 5. The molecule has 1 N–H and O–H groups in total. The van der Waals surface area contributed by atoms with Crippen LogP contribution in [0.4, 0.5) is 33.6 Å². The number of benzene rings is 4. The van der Waals surface area contributed by atoms with Crippen LogP contribution in [0, 0.1) is 0 Å². The molecule has 2 aliphatic heterocycles. The van der Waals surface area contributed by atoms with Gasteiger partial charge in [-0.2, -0.15) is 4.98 Å². The molecule has 0 saturated carbocycles. The average Bonchev–Trinajstić information content (AvgIpc) is 3.29. The van der Waals surface area contributed by atoms with Crippen LogP contribution in [-0.4, -0.2) is 39.3 Å². The smallest absolute Gasteiger partial charge is 0.324 e. The highest BCUT2D eigenvalue weighted by Gasteiger charge is 2.37. The Hall–Kier alpha value is -5.25. The molecule has 1 aromatic heterocycles. The van der Waals surface area contributed by atoms with Crippen molar-refractivity contribution in [2.24, 2.45) is 0 Å². The van der Waals surface area contributed by atoms with Crippen LogP contribution in [0.2, 0.25) is 10.0 Å². The maximum Gasteiger partial charge on any atom is 0.335 e. The number of rotatable bonds is 7. The van der Waals surface area contributed by atoms with E-state index >= 15 is 0 Å². The van der Waals surface area contributed by atoms with Crippen molar-refractivity contribution in [3.05, 3.63) is 136 Å². The van der Waals surface area contributed by atoms with Crippen molar-refractivity contribution in [3.8, 4) is 0 Å². The third kappa shape index (κ3) is 5.26. The van der Waals surface area contributed by atoms with E-state index in [9.17, 15) is 14.4 Å². The summed E-state index contributed by atoms with van der Waals surface area (Å²) >= 11 is 13.1. The van der Waals surface area contributed by atoms with Crippen LogP contribution < -0.4 is 15.1 Å². The fourth-order valence-electron chi connectivity index (χ4n) is 5.55. The zero-order valence-electron chi connectivity index (χ0n) is 23.7. The number of hydrogen-bond donors (Lipinski definition) is 1. The van der Waals surface area contributed by atoms with E-state index in [1.807, 2.05) is 48.5 Å². The van der Waals surface area contributed by atoms with Crippen molar-refractivity contribution in [2.45, 2.75) is 13.0 Å². The molecule has 0 aliphatic carbocycles. The van der Waals surface area contributed by atoms with Crippen LogP contribution >= 0.6 is 23.2 Å². The van der Waals surface area contributed by atoms with Gasteiger partial charge in [0.15, 0.2) is 5.82 Å². The molecule has 4 amide bonds. The molecule has 3 heterocycles. The lowest BCUT2D eigenvalue weighted by Crippen LogP contribution is -2.45. The molecule has 9 nitrogen and oxygen atoms in total. The molecule has 4 aromatic carbocycles. The minimum absolute atomic E-state index is 0.152. The number of nitrogens with one attached hydrogen (secondary N) is 1. The van der Waals surface area contributed by atoms with Crippen molar-refractivity contribution < 1.29 is 14.4 Å². The van der Waals surface area contributed by atoms with E-state index in [1.54, 1.807) is 54.7 Å². The first-order valence-electron chi connectivity index (χ1n) is 14.2. The van der Waals surface area contributed by atoms with Gasteiger partial charge in [-0.25, -0.2) is 14.7 Å². The molecule has 0 atom stereocenters. The maximum absolute atomic E-state index is 14.3. The zero-order chi connectivity index (χ0) is 31.1. The second-order valence-corrected chi connectivity index (χ2v) is 11.3. The first-order chi connectivity index (χ1) is 21.9. The van der Waals surface area contributed by atoms with E-state index in [-0.39, 0.29) is 24.9 Å². The second-order valence-electron chi connectivity index (χ2n) is 10.5. The highest BCUT2D eigenvalue weighted by molar-refractivity contribution is 6.40. The fourth-order valence-corrected chi connectivity index (χ4v) is 6.15. The van der Waals surface area contributed by atoms with Crippen molar-refractivity contribution >= 4 is 69.9 Å². The van der Waals surface area contributed by atoms with Crippen molar-refractivity contribution in [3.63, 3.8) is 0 Å². The highest BCUT2D eigenvalue weighted by atomic mass is 35.5. The third-order valence-electron chi connectivity index (χ3n) is 7.71. The van der Waals surface area contributed by atoms with E-state index in [0.717, 1.165) is 11.3 Å². The van der Waals surface area contributed by atoms with Gasteiger partial charge in [0.2, 0.25) is 5.95 Å². The zero-order valence-corrected chi connectivity index (χ0v) is 25.2. The number of carbonyl (C=O) groups is 3. The fraction of sp³-hybridized carbons (Fsp3) is 0.0882. The molecule has 0 spiro atoms. The summed E-state index contributed by atoms with van der Waals surface area (Å²) in [7, 11) is 0. The summed E-state index contributed by atoms with van der Waals surface area (Å²) in [5, 5.41) is 3.86. The normalized spacial score (nSPS) is 14.1. The van der Waals surface area contributed by atoms with Gasteiger partial charge in [-0.3, -0.25) is 19.4 Å².